The van der Waals surface area contributed by atoms with Gasteiger partial charge in [0.15, 0.2) is 0 Å². The molecule has 2 N–H and O–H groups in total. The maximum atomic E-state index is 12.0. The molecule has 0 aromatic heterocycles. The van der Waals surface area contributed by atoms with E-state index in [-0.39, 0.29) is 11.8 Å². The molecule has 0 aliphatic heterocycles. The van der Waals surface area contributed by atoms with Gasteiger partial charge in [-0.15, -0.1) is 0 Å². The largest absolute Gasteiger partial charge is 0.341 e. The van der Waals surface area contributed by atoms with Crippen LogP contribution < -0.4 is 5.73 Å². The molecule has 1 rings (SSSR count). The van der Waals surface area contributed by atoms with Crippen LogP contribution in [0.15, 0.2) is 18.2 Å². The SMILES string of the molecule is CCC(CN)CC(=O)N(C)Cc1ccc(Cl)c(Cl)c1. The van der Waals surface area contributed by atoms with Crippen molar-refractivity contribution in [3.63, 3.8) is 0 Å². The van der Waals surface area contributed by atoms with Gasteiger partial charge in [-0.3, -0.25) is 4.79 Å². The molecule has 1 atom stereocenters. The molecule has 0 aliphatic carbocycles. The van der Waals surface area contributed by atoms with E-state index in [1.807, 2.05) is 13.0 Å². The van der Waals surface area contributed by atoms with Gasteiger partial charge in [-0.1, -0.05) is 42.6 Å². The molecular formula is C14H20Cl2N2O. The molecule has 5 heteroatoms. The fourth-order valence-corrected chi connectivity index (χ4v) is 2.12. The van der Waals surface area contributed by atoms with Crippen LogP contribution in [0.5, 0.6) is 0 Å². The van der Waals surface area contributed by atoms with E-state index in [2.05, 4.69) is 0 Å². The highest BCUT2D eigenvalue weighted by molar-refractivity contribution is 6.42. The Kier molecular flexibility index (Phi) is 6.63. The molecule has 0 heterocycles. The Morgan fingerprint density at radius 3 is 2.58 bits per heavy atom. The first-order valence-electron chi connectivity index (χ1n) is 6.35. The average Bonchev–Trinajstić information content (AvgIpc) is 2.39. The molecule has 0 spiro atoms. The van der Waals surface area contributed by atoms with Crippen molar-refractivity contribution in [3.8, 4) is 0 Å². The summed E-state index contributed by atoms with van der Waals surface area (Å²) in [5.41, 5.74) is 6.58. The lowest BCUT2D eigenvalue weighted by molar-refractivity contribution is -0.131. The number of amides is 1. The Bertz CT molecular complexity index is 433. The van der Waals surface area contributed by atoms with Gasteiger partial charge in [-0.25, -0.2) is 0 Å². The minimum Gasteiger partial charge on any atom is -0.341 e. The van der Waals surface area contributed by atoms with Crippen LogP contribution >= 0.6 is 23.2 Å². The Labute approximate surface area is 124 Å². The molecule has 1 unspecified atom stereocenters. The van der Waals surface area contributed by atoms with Crippen molar-refractivity contribution in [2.75, 3.05) is 13.6 Å². The Morgan fingerprint density at radius 2 is 2.05 bits per heavy atom. The highest BCUT2D eigenvalue weighted by Gasteiger charge is 2.15. The first-order valence-corrected chi connectivity index (χ1v) is 7.11. The molecule has 1 amide bonds. The predicted molar refractivity (Wildman–Crippen MR) is 80.4 cm³/mol. The lowest BCUT2D eigenvalue weighted by Gasteiger charge is -2.20. The first-order chi connectivity index (χ1) is 8.97. The minimum atomic E-state index is 0.100. The zero-order valence-electron chi connectivity index (χ0n) is 11.3. The van der Waals surface area contributed by atoms with Gasteiger partial charge in [0.2, 0.25) is 5.91 Å². The summed E-state index contributed by atoms with van der Waals surface area (Å²) in [7, 11) is 1.79. The highest BCUT2D eigenvalue weighted by Crippen LogP contribution is 2.23. The maximum absolute atomic E-state index is 12.0. The van der Waals surface area contributed by atoms with E-state index in [0.717, 1.165) is 12.0 Å². The summed E-state index contributed by atoms with van der Waals surface area (Å²) in [4.78, 5) is 13.7. The van der Waals surface area contributed by atoms with Crippen LogP contribution in [0.2, 0.25) is 10.0 Å². The molecular weight excluding hydrogens is 283 g/mol. The molecule has 0 aliphatic rings. The lowest BCUT2D eigenvalue weighted by Crippen LogP contribution is -2.29. The van der Waals surface area contributed by atoms with E-state index in [0.29, 0.717) is 29.6 Å². The van der Waals surface area contributed by atoms with E-state index < -0.39 is 0 Å². The predicted octanol–water partition coefficient (Wildman–Crippen LogP) is 3.33. The highest BCUT2D eigenvalue weighted by atomic mass is 35.5. The monoisotopic (exact) mass is 302 g/mol. The van der Waals surface area contributed by atoms with Crippen LogP contribution in [-0.2, 0) is 11.3 Å². The number of benzene rings is 1. The number of rotatable bonds is 6. The van der Waals surface area contributed by atoms with Crippen LogP contribution in [0.1, 0.15) is 25.3 Å². The number of nitrogens with zero attached hydrogens (tertiary/aromatic N) is 1. The summed E-state index contributed by atoms with van der Waals surface area (Å²) in [6, 6.07) is 5.40. The Balaban J connectivity index is 2.60. The number of nitrogens with two attached hydrogens (primary N) is 1. The lowest BCUT2D eigenvalue weighted by atomic mass is 10.0. The summed E-state index contributed by atoms with van der Waals surface area (Å²) < 4.78 is 0. The van der Waals surface area contributed by atoms with Gasteiger partial charge in [-0.2, -0.15) is 0 Å². The summed E-state index contributed by atoms with van der Waals surface area (Å²) in [6.07, 6.45) is 1.41. The Morgan fingerprint density at radius 1 is 1.37 bits per heavy atom. The van der Waals surface area contributed by atoms with Crippen LogP contribution in [0.3, 0.4) is 0 Å². The number of carbonyl (C=O) groups is 1. The second kappa shape index (κ2) is 7.73. The van der Waals surface area contributed by atoms with Gasteiger partial charge in [0.25, 0.3) is 0 Å². The normalized spacial score (nSPS) is 12.3. The molecule has 1 aromatic carbocycles. The fraction of sp³-hybridized carbons (Fsp3) is 0.500. The van der Waals surface area contributed by atoms with Crippen molar-refractivity contribution < 1.29 is 4.79 Å². The zero-order chi connectivity index (χ0) is 14.4. The zero-order valence-corrected chi connectivity index (χ0v) is 12.8. The second-order valence-electron chi connectivity index (χ2n) is 4.71. The number of hydrogen-bond donors (Lipinski definition) is 1. The number of hydrogen-bond acceptors (Lipinski definition) is 2. The van der Waals surface area contributed by atoms with Gasteiger partial charge in [0, 0.05) is 20.0 Å². The van der Waals surface area contributed by atoms with Crippen LogP contribution in [0, 0.1) is 5.92 Å². The summed E-state index contributed by atoms with van der Waals surface area (Å²) >= 11 is 11.8. The van der Waals surface area contributed by atoms with Crippen LogP contribution in [0.25, 0.3) is 0 Å². The molecule has 0 saturated heterocycles. The molecule has 0 fully saturated rings. The second-order valence-corrected chi connectivity index (χ2v) is 5.53. The van der Waals surface area contributed by atoms with Gasteiger partial charge in [0.05, 0.1) is 10.0 Å². The maximum Gasteiger partial charge on any atom is 0.222 e. The summed E-state index contributed by atoms with van der Waals surface area (Å²) in [6.45, 7) is 3.11. The van der Waals surface area contributed by atoms with Crippen LogP contribution in [0.4, 0.5) is 0 Å². The molecule has 3 nitrogen and oxygen atoms in total. The van der Waals surface area contributed by atoms with Crippen molar-refractivity contribution in [1.82, 2.24) is 4.90 Å². The van der Waals surface area contributed by atoms with E-state index in [1.165, 1.54) is 0 Å². The topological polar surface area (TPSA) is 46.3 Å². The molecule has 106 valence electrons. The number of halogens is 2. The van der Waals surface area contributed by atoms with E-state index in [9.17, 15) is 4.79 Å². The third-order valence-corrected chi connectivity index (χ3v) is 3.94. The minimum absolute atomic E-state index is 0.100. The van der Waals surface area contributed by atoms with Gasteiger partial charge in [-0.05, 0) is 30.2 Å². The molecule has 1 aromatic rings. The molecule has 0 bridgehead atoms. The van der Waals surface area contributed by atoms with Crippen molar-refractivity contribution in [1.29, 1.82) is 0 Å². The van der Waals surface area contributed by atoms with Crippen molar-refractivity contribution >= 4 is 29.1 Å². The third kappa shape index (κ3) is 5.01. The fourth-order valence-electron chi connectivity index (χ4n) is 1.80. The quantitative estimate of drug-likeness (QED) is 0.876. The van der Waals surface area contributed by atoms with Crippen molar-refractivity contribution in [2.45, 2.75) is 26.3 Å². The molecule has 19 heavy (non-hydrogen) atoms. The van der Waals surface area contributed by atoms with Crippen molar-refractivity contribution in [2.24, 2.45) is 11.7 Å². The summed E-state index contributed by atoms with van der Waals surface area (Å²) in [5, 5.41) is 1.03. The first kappa shape index (κ1) is 16.3. The Hall–Kier alpha value is -0.770. The van der Waals surface area contributed by atoms with E-state index in [1.54, 1.807) is 24.1 Å². The van der Waals surface area contributed by atoms with Gasteiger partial charge >= 0.3 is 0 Å². The smallest absolute Gasteiger partial charge is 0.222 e. The van der Waals surface area contributed by atoms with Crippen molar-refractivity contribution in [3.05, 3.63) is 33.8 Å². The van der Waals surface area contributed by atoms with Crippen LogP contribution in [-0.4, -0.2) is 24.4 Å². The van der Waals surface area contributed by atoms with Gasteiger partial charge in [0.1, 0.15) is 0 Å². The third-order valence-electron chi connectivity index (χ3n) is 3.20. The summed E-state index contributed by atoms with van der Waals surface area (Å²) in [5.74, 6) is 0.354. The van der Waals surface area contributed by atoms with E-state index >= 15 is 0 Å². The average molecular weight is 303 g/mol. The van der Waals surface area contributed by atoms with E-state index in [4.69, 9.17) is 28.9 Å². The number of carbonyl (C=O) groups excluding carboxylic acids is 1. The molecule has 0 radical (unpaired) electrons. The molecule has 0 saturated carbocycles. The van der Waals surface area contributed by atoms with Gasteiger partial charge < -0.3 is 10.6 Å². The standard InChI is InChI=1S/C14H20Cl2N2O/c1-3-10(8-17)7-14(19)18(2)9-11-4-5-12(15)13(16)6-11/h4-6,10H,3,7-9,17H2,1-2H3.